The van der Waals surface area contributed by atoms with Gasteiger partial charge >= 0.3 is 6.18 Å². The van der Waals surface area contributed by atoms with Crippen molar-refractivity contribution in [3.63, 3.8) is 0 Å². The number of hydrogen-bond donors (Lipinski definition) is 0. The van der Waals surface area contributed by atoms with Gasteiger partial charge in [-0.2, -0.15) is 18.4 Å². The number of furan rings is 1. The van der Waals surface area contributed by atoms with E-state index in [0.29, 0.717) is 4.43 Å². The molecule has 1 heterocycles. The second-order valence-electron chi connectivity index (χ2n) is 2.20. The molecule has 70 valence electrons. The van der Waals surface area contributed by atoms with Crippen molar-refractivity contribution >= 4 is 22.6 Å². The maximum absolute atomic E-state index is 12.1. The summed E-state index contributed by atoms with van der Waals surface area (Å²) in [7, 11) is 0. The first kappa shape index (κ1) is 10.4. The Labute approximate surface area is 85.5 Å². The molecule has 13 heavy (non-hydrogen) atoms. The smallest absolute Gasteiger partial charge is 0.450 e. The second kappa shape index (κ2) is 3.57. The molecule has 1 aromatic heterocycles. The SMILES string of the molecule is N#Cc1cc(CI)oc1C(F)(F)F. The highest BCUT2D eigenvalue weighted by molar-refractivity contribution is 14.1. The van der Waals surface area contributed by atoms with E-state index in [1.54, 1.807) is 0 Å². The molecule has 1 aromatic rings. The van der Waals surface area contributed by atoms with Gasteiger partial charge in [0.2, 0.25) is 5.76 Å². The Kier molecular flexibility index (Phi) is 2.85. The van der Waals surface area contributed by atoms with Gasteiger partial charge in [0.05, 0.1) is 4.43 Å². The molecular weight excluding hydrogens is 298 g/mol. The topological polar surface area (TPSA) is 36.9 Å². The molecule has 0 bridgehead atoms. The first-order valence-electron chi connectivity index (χ1n) is 3.15. The molecule has 0 aliphatic heterocycles. The van der Waals surface area contributed by atoms with Crippen molar-refractivity contribution in [1.29, 1.82) is 5.26 Å². The Bertz CT molecular complexity index is 350. The summed E-state index contributed by atoms with van der Waals surface area (Å²) in [6.07, 6.45) is -4.59. The third-order valence-corrected chi connectivity index (χ3v) is 2.04. The molecule has 0 aliphatic carbocycles. The lowest BCUT2D eigenvalue weighted by molar-refractivity contribution is -0.153. The van der Waals surface area contributed by atoms with Crippen molar-refractivity contribution < 1.29 is 17.6 Å². The van der Waals surface area contributed by atoms with Gasteiger partial charge in [0.25, 0.3) is 0 Å². The van der Waals surface area contributed by atoms with Crippen LogP contribution in [0.1, 0.15) is 17.1 Å². The zero-order valence-corrected chi connectivity index (χ0v) is 8.31. The fourth-order valence-electron chi connectivity index (χ4n) is 0.802. The Morgan fingerprint density at radius 1 is 1.54 bits per heavy atom. The maximum atomic E-state index is 12.1. The van der Waals surface area contributed by atoms with E-state index in [-0.39, 0.29) is 5.76 Å². The highest BCUT2D eigenvalue weighted by atomic mass is 127. The van der Waals surface area contributed by atoms with Crippen molar-refractivity contribution in [3.05, 3.63) is 23.2 Å². The average Bonchev–Trinajstić information content (AvgIpc) is 2.46. The quantitative estimate of drug-likeness (QED) is 0.590. The van der Waals surface area contributed by atoms with Gasteiger partial charge < -0.3 is 4.42 Å². The van der Waals surface area contributed by atoms with Crippen molar-refractivity contribution in [2.45, 2.75) is 10.6 Å². The van der Waals surface area contributed by atoms with Crippen LogP contribution in [0.2, 0.25) is 0 Å². The summed E-state index contributed by atoms with van der Waals surface area (Å²) < 4.78 is 41.2. The van der Waals surface area contributed by atoms with E-state index in [0.717, 1.165) is 6.07 Å². The van der Waals surface area contributed by atoms with Crippen LogP contribution in [0.4, 0.5) is 13.2 Å². The van der Waals surface area contributed by atoms with E-state index < -0.39 is 17.5 Å². The Hall–Kier alpha value is -0.710. The van der Waals surface area contributed by atoms with Crippen LogP contribution in [-0.2, 0) is 10.6 Å². The lowest BCUT2D eigenvalue weighted by atomic mass is 10.2. The van der Waals surface area contributed by atoms with E-state index in [4.69, 9.17) is 5.26 Å². The Morgan fingerprint density at radius 2 is 2.15 bits per heavy atom. The summed E-state index contributed by atoms with van der Waals surface area (Å²) in [5.41, 5.74) is -0.459. The molecule has 1 rings (SSSR count). The molecule has 0 amide bonds. The van der Waals surface area contributed by atoms with Gasteiger partial charge in [-0.05, 0) is 6.07 Å². The molecule has 0 radical (unpaired) electrons. The molecule has 0 N–H and O–H groups in total. The Morgan fingerprint density at radius 3 is 2.46 bits per heavy atom. The van der Waals surface area contributed by atoms with Crippen molar-refractivity contribution in [2.75, 3.05) is 0 Å². The highest BCUT2D eigenvalue weighted by Crippen LogP contribution is 2.34. The van der Waals surface area contributed by atoms with Crippen LogP contribution in [0.25, 0.3) is 0 Å². The molecule has 0 aromatic carbocycles. The third kappa shape index (κ3) is 2.15. The van der Waals surface area contributed by atoms with E-state index >= 15 is 0 Å². The van der Waals surface area contributed by atoms with Gasteiger partial charge in [-0.25, -0.2) is 0 Å². The molecule has 0 unspecified atom stereocenters. The van der Waals surface area contributed by atoms with E-state index in [1.807, 2.05) is 22.6 Å². The molecule has 0 atom stereocenters. The van der Waals surface area contributed by atoms with Crippen LogP contribution in [-0.4, -0.2) is 0 Å². The largest absolute Gasteiger partial charge is 0.454 e. The van der Waals surface area contributed by atoms with Crippen LogP contribution < -0.4 is 0 Å². The summed E-state index contributed by atoms with van der Waals surface area (Å²) in [6.45, 7) is 0. The summed E-state index contributed by atoms with van der Waals surface area (Å²) >= 11 is 1.86. The first-order valence-corrected chi connectivity index (χ1v) is 4.67. The zero-order valence-electron chi connectivity index (χ0n) is 6.15. The standard InChI is InChI=1S/C7H3F3INO/c8-7(9,10)6-4(3-12)1-5(2-11)13-6/h1H,2H2. The molecule has 0 saturated heterocycles. The summed E-state index contributed by atoms with van der Waals surface area (Å²) in [6, 6.07) is 2.55. The third-order valence-electron chi connectivity index (χ3n) is 1.29. The minimum absolute atomic E-state index is 0.157. The van der Waals surface area contributed by atoms with E-state index in [1.165, 1.54) is 6.07 Å². The minimum atomic E-state index is -4.59. The fraction of sp³-hybridized carbons (Fsp3) is 0.286. The zero-order chi connectivity index (χ0) is 10.1. The van der Waals surface area contributed by atoms with Gasteiger partial charge in [-0.15, -0.1) is 0 Å². The first-order chi connectivity index (χ1) is 5.99. The van der Waals surface area contributed by atoms with Crippen molar-refractivity contribution in [2.24, 2.45) is 0 Å². The molecule has 2 nitrogen and oxygen atoms in total. The van der Waals surface area contributed by atoms with Gasteiger partial charge in [0.15, 0.2) is 0 Å². The van der Waals surface area contributed by atoms with Crippen LogP contribution in [0.15, 0.2) is 10.5 Å². The van der Waals surface area contributed by atoms with Crippen molar-refractivity contribution in [1.82, 2.24) is 0 Å². The molecule has 0 saturated carbocycles. The number of hydrogen-bond acceptors (Lipinski definition) is 2. The summed E-state index contributed by atoms with van der Waals surface area (Å²) in [4.78, 5) is 0. The molecule has 0 spiro atoms. The lowest BCUT2D eigenvalue weighted by Gasteiger charge is -2.01. The number of nitrogens with zero attached hydrogens (tertiary/aromatic N) is 1. The molecular formula is C7H3F3INO. The monoisotopic (exact) mass is 301 g/mol. The fourth-order valence-corrected chi connectivity index (χ4v) is 1.18. The minimum Gasteiger partial charge on any atom is -0.454 e. The van der Waals surface area contributed by atoms with Gasteiger partial charge in [0, 0.05) is 0 Å². The van der Waals surface area contributed by atoms with E-state index in [9.17, 15) is 13.2 Å². The molecule has 0 aliphatic rings. The number of alkyl halides is 4. The average molecular weight is 301 g/mol. The van der Waals surface area contributed by atoms with Crippen LogP contribution in [0.5, 0.6) is 0 Å². The summed E-state index contributed by atoms with van der Waals surface area (Å²) in [5, 5.41) is 8.38. The van der Waals surface area contributed by atoms with Gasteiger partial charge in [-0.3, -0.25) is 0 Å². The predicted octanol–water partition coefficient (Wildman–Crippen LogP) is 3.11. The number of rotatable bonds is 1. The molecule has 0 fully saturated rings. The van der Waals surface area contributed by atoms with E-state index in [2.05, 4.69) is 4.42 Å². The lowest BCUT2D eigenvalue weighted by Crippen LogP contribution is -2.04. The number of nitriles is 1. The van der Waals surface area contributed by atoms with Crippen LogP contribution >= 0.6 is 22.6 Å². The van der Waals surface area contributed by atoms with Gasteiger partial charge in [-0.1, -0.05) is 22.6 Å². The normalized spacial score (nSPS) is 11.3. The highest BCUT2D eigenvalue weighted by Gasteiger charge is 2.38. The Balaban J connectivity index is 3.21. The van der Waals surface area contributed by atoms with Crippen LogP contribution in [0, 0.1) is 11.3 Å². The summed E-state index contributed by atoms with van der Waals surface area (Å²) in [5.74, 6) is -1.05. The van der Waals surface area contributed by atoms with Gasteiger partial charge in [0.1, 0.15) is 17.4 Å². The predicted molar refractivity (Wildman–Crippen MR) is 46.1 cm³/mol. The van der Waals surface area contributed by atoms with Crippen molar-refractivity contribution in [3.8, 4) is 6.07 Å². The second-order valence-corrected chi connectivity index (χ2v) is 2.96. The number of halogens is 4. The van der Waals surface area contributed by atoms with Crippen LogP contribution in [0.3, 0.4) is 0 Å². The maximum Gasteiger partial charge on any atom is 0.450 e. The molecule has 6 heteroatoms.